The van der Waals surface area contributed by atoms with Crippen LogP contribution >= 0.6 is 0 Å². The summed E-state index contributed by atoms with van der Waals surface area (Å²) in [7, 11) is 0. The number of aromatic amines is 1. The zero-order valence-electron chi connectivity index (χ0n) is 16.2. The fraction of sp³-hybridized carbons (Fsp3) is 0.500. The van der Waals surface area contributed by atoms with Gasteiger partial charge in [-0.3, -0.25) is 9.69 Å². The van der Waals surface area contributed by atoms with Gasteiger partial charge in [-0.25, -0.2) is 4.79 Å². The van der Waals surface area contributed by atoms with E-state index < -0.39 is 5.97 Å². The number of likely N-dealkylation sites (tertiary alicyclic amines) is 1. The first-order chi connectivity index (χ1) is 13.5. The molecule has 150 valence electrons. The molecule has 0 bridgehead atoms. The van der Waals surface area contributed by atoms with Gasteiger partial charge in [0.2, 0.25) is 12.7 Å². The summed E-state index contributed by atoms with van der Waals surface area (Å²) in [5, 5.41) is 3.60. The Hall–Kier alpha value is -2.74. The van der Waals surface area contributed by atoms with Crippen molar-refractivity contribution >= 4 is 28.5 Å². The molecule has 1 fully saturated rings. The van der Waals surface area contributed by atoms with Crippen LogP contribution < -0.4 is 14.8 Å². The molecule has 2 N–H and O–H groups in total. The number of esters is 1. The first-order valence-corrected chi connectivity index (χ1v) is 9.69. The van der Waals surface area contributed by atoms with E-state index in [0.29, 0.717) is 40.6 Å². The fourth-order valence-corrected chi connectivity index (χ4v) is 3.88. The number of amides is 1. The van der Waals surface area contributed by atoms with E-state index in [9.17, 15) is 9.59 Å². The monoisotopic (exact) mass is 387 g/mol. The average Bonchev–Trinajstić information content (AvgIpc) is 3.24. The van der Waals surface area contributed by atoms with Crippen LogP contribution in [-0.4, -0.2) is 54.8 Å². The molecule has 2 aliphatic rings. The van der Waals surface area contributed by atoms with Crippen LogP contribution in [0.25, 0.3) is 10.9 Å². The second-order valence-electron chi connectivity index (χ2n) is 7.38. The number of rotatable bonds is 5. The highest BCUT2D eigenvalue weighted by atomic mass is 16.7. The number of piperidine rings is 1. The lowest BCUT2D eigenvalue weighted by Gasteiger charge is -2.30. The number of hydrogen-bond donors (Lipinski definition) is 2. The van der Waals surface area contributed by atoms with E-state index in [1.807, 2.05) is 0 Å². The van der Waals surface area contributed by atoms with Crippen molar-refractivity contribution in [2.45, 2.75) is 26.7 Å². The second-order valence-corrected chi connectivity index (χ2v) is 7.38. The predicted octanol–water partition coefficient (Wildman–Crippen LogP) is 2.74. The molecule has 8 heteroatoms. The Balaban J connectivity index is 1.62. The van der Waals surface area contributed by atoms with E-state index in [-0.39, 0.29) is 25.0 Å². The largest absolute Gasteiger partial charge is 0.461 e. The Kier molecular flexibility index (Phi) is 5.13. The number of ether oxygens (including phenoxy) is 3. The molecule has 1 aromatic heterocycles. The van der Waals surface area contributed by atoms with E-state index in [1.165, 1.54) is 6.42 Å². The number of anilines is 1. The van der Waals surface area contributed by atoms with Crippen LogP contribution in [0.2, 0.25) is 0 Å². The van der Waals surface area contributed by atoms with Crippen molar-refractivity contribution in [3.8, 4) is 11.5 Å². The Bertz CT molecular complexity index is 907. The van der Waals surface area contributed by atoms with Gasteiger partial charge in [0.15, 0.2) is 11.5 Å². The highest BCUT2D eigenvalue weighted by Gasteiger charge is 2.25. The highest BCUT2D eigenvalue weighted by molar-refractivity contribution is 6.11. The maximum absolute atomic E-state index is 12.7. The number of aromatic nitrogens is 1. The summed E-state index contributed by atoms with van der Waals surface area (Å²) in [6.07, 6.45) is 2.29. The summed E-state index contributed by atoms with van der Waals surface area (Å²) in [6, 6.07) is 3.54. The molecule has 0 saturated carbocycles. The van der Waals surface area contributed by atoms with Crippen molar-refractivity contribution in [2.75, 3.05) is 38.4 Å². The molecule has 3 heterocycles. The summed E-state index contributed by atoms with van der Waals surface area (Å²) in [6.45, 7) is 6.46. The molecule has 0 aliphatic carbocycles. The van der Waals surface area contributed by atoms with E-state index in [4.69, 9.17) is 14.2 Å². The number of hydrogen-bond acceptors (Lipinski definition) is 6. The summed E-state index contributed by atoms with van der Waals surface area (Å²) >= 11 is 0. The zero-order chi connectivity index (χ0) is 19.7. The molecule has 0 radical (unpaired) electrons. The molecule has 1 aromatic carbocycles. The fourth-order valence-electron chi connectivity index (χ4n) is 3.88. The number of carbonyl (C=O) groups is 2. The van der Waals surface area contributed by atoms with E-state index in [0.717, 1.165) is 19.5 Å². The summed E-state index contributed by atoms with van der Waals surface area (Å²) in [5.74, 6) is 1.11. The number of carbonyl (C=O) groups excluding carboxylic acids is 2. The van der Waals surface area contributed by atoms with Gasteiger partial charge in [-0.05, 0) is 38.3 Å². The van der Waals surface area contributed by atoms with Crippen LogP contribution in [0.3, 0.4) is 0 Å². The van der Waals surface area contributed by atoms with Crippen LogP contribution in [0.5, 0.6) is 11.5 Å². The van der Waals surface area contributed by atoms with Crippen molar-refractivity contribution in [2.24, 2.45) is 5.92 Å². The lowest BCUT2D eigenvalue weighted by Crippen LogP contribution is -2.39. The minimum Gasteiger partial charge on any atom is -0.461 e. The van der Waals surface area contributed by atoms with Gasteiger partial charge in [-0.15, -0.1) is 0 Å². The molecule has 1 amide bonds. The summed E-state index contributed by atoms with van der Waals surface area (Å²) in [5.41, 5.74) is 1.32. The molecular weight excluding hydrogens is 362 g/mol. The van der Waals surface area contributed by atoms with Gasteiger partial charge in [0.25, 0.3) is 0 Å². The first-order valence-electron chi connectivity index (χ1n) is 9.69. The summed E-state index contributed by atoms with van der Waals surface area (Å²) in [4.78, 5) is 30.4. The number of fused-ring (bicyclic) bond motifs is 2. The smallest absolute Gasteiger partial charge is 0.356 e. The average molecular weight is 387 g/mol. The van der Waals surface area contributed by atoms with Gasteiger partial charge < -0.3 is 24.5 Å². The Morgan fingerprint density at radius 3 is 2.86 bits per heavy atom. The topological polar surface area (TPSA) is 92.9 Å². The van der Waals surface area contributed by atoms with Crippen LogP contribution in [0.15, 0.2) is 12.1 Å². The van der Waals surface area contributed by atoms with Gasteiger partial charge >= 0.3 is 5.97 Å². The standard InChI is InChI=1S/C20H25N3O5/c1-3-26-20(25)19-18(22-17(24)10-23-6-4-5-12(2)9-23)13-7-15-16(28-11-27-15)8-14(13)21-19/h7-8,12,21H,3-6,9-11H2,1-2H3,(H,22,24)/t12-/m1/s1. The number of H-pyrrole nitrogens is 1. The number of nitrogens with zero attached hydrogens (tertiary/aromatic N) is 1. The van der Waals surface area contributed by atoms with Crippen molar-refractivity contribution in [3.63, 3.8) is 0 Å². The second kappa shape index (κ2) is 7.71. The first kappa shape index (κ1) is 18.6. The molecule has 2 aliphatic heterocycles. The Morgan fingerprint density at radius 2 is 2.11 bits per heavy atom. The van der Waals surface area contributed by atoms with E-state index in [2.05, 4.69) is 22.1 Å². The molecule has 2 aromatic rings. The maximum Gasteiger partial charge on any atom is 0.356 e. The Labute approximate surface area is 163 Å². The van der Waals surface area contributed by atoms with Gasteiger partial charge in [0, 0.05) is 18.0 Å². The summed E-state index contributed by atoms with van der Waals surface area (Å²) < 4.78 is 16.0. The molecule has 4 rings (SSSR count). The molecule has 28 heavy (non-hydrogen) atoms. The molecular formula is C20H25N3O5. The van der Waals surface area contributed by atoms with Gasteiger partial charge in [-0.2, -0.15) is 0 Å². The lowest BCUT2D eigenvalue weighted by molar-refractivity contribution is -0.117. The SMILES string of the molecule is CCOC(=O)c1[nH]c2cc3c(cc2c1NC(=O)CN1CCC[C@@H](C)C1)OCO3. The normalized spacial score (nSPS) is 19.0. The third-order valence-corrected chi connectivity index (χ3v) is 5.14. The van der Waals surface area contributed by atoms with Crippen molar-refractivity contribution in [1.29, 1.82) is 0 Å². The molecule has 8 nitrogen and oxygen atoms in total. The van der Waals surface area contributed by atoms with Gasteiger partial charge in [-0.1, -0.05) is 6.92 Å². The molecule has 1 saturated heterocycles. The van der Waals surface area contributed by atoms with Crippen LogP contribution in [0.4, 0.5) is 5.69 Å². The third kappa shape index (κ3) is 3.64. The van der Waals surface area contributed by atoms with Gasteiger partial charge in [0.05, 0.1) is 24.4 Å². The number of benzene rings is 1. The predicted molar refractivity (Wildman–Crippen MR) is 104 cm³/mol. The molecule has 0 unspecified atom stereocenters. The molecule has 1 atom stereocenters. The zero-order valence-corrected chi connectivity index (χ0v) is 16.2. The van der Waals surface area contributed by atoms with Crippen LogP contribution in [0, 0.1) is 5.92 Å². The quantitative estimate of drug-likeness (QED) is 0.767. The van der Waals surface area contributed by atoms with E-state index in [1.54, 1.807) is 19.1 Å². The lowest BCUT2D eigenvalue weighted by atomic mass is 10.0. The van der Waals surface area contributed by atoms with Crippen molar-refractivity contribution in [1.82, 2.24) is 9.88 Å². The third-order valence-electron chi connectivity index (χ3n) is 5.14. The van der Waals surface area contributed by atoms with Crippen molar-refractivity contribution < 1.29 is 23.8 Å². The van der Waals surface area contributed by atoms with Crippen molar-refractivity contribution in [3.05, 3.63) is 17.8 Å². The van der Waals surface area contributed by atoms with E-state index >= 15 is 0 Å². The number of nitrogens with one attached hydrogen (secondary N) is 2. The minimum atomic E-state index is -0.511. The minimum absolute atomic E-state index is 0.154. The maximum atomic E-state index is 12.7. The van der Waals surface area contributed by atoms with Gasteiger partial charge in [0.1, 0.15) is 5.69 Å². The Morgan fingerprint density at radius 1 is 1.32 bits per heavy atom. The highest BCUT2D eigenvalue weighted by Crippen LogP contribution is 2.40. The van der Waals surface area contributed by atoms with Crippen LogP contribution in [0.1, 0.15) is 37.2 Å². The van der Waals surface area contributed by atoms with Crippen LogP contribution in [-0.2, 0) is 9.53 Å². The molecule has 0 spiro atoms.